The van der Waals surface area contributed by atoms with Crippen LogP contribution in [0.4, 0.5) is 4.39 Å². The highest BCUT2D eigenvalue weighted by atomic mass is 32.2. The molecule has 0 aliphatic rings. The molecule has 0 aliphatic carbocycles. The first-order chi connectivity index (χ1) is 13.0. The van der Waals surface area contributed by atoms with Gasteiger partial charge in [0, 0.05) is 19.2 Å². The lowest BCUT2D eigenvalue weighted by Gasteiger charge is -2.06. The first kappa shape index (κ1) is 19.1. The van der Waals surface area contributed by atoms with Gasteiger partial charge in [-0.05, 0) is 37.1 Å². The fourth-order valence-corrected chi connectivity index (χ4v) is 3.40. The van der Waals surface area contributed by atoms with Gasteiger partial charge in [0.15, 0.2) is 11.0 Å². The van der Waals surface area contributed by atoms with Crippen LogP contribution in [0.15, 0.2) is 53.7 Å². The summed E-state index contributed by atoms with van der Waals surface area (Å²) in [4.78, 5) is 12.0. The Balaban J connectivity index is 1.49. The summed E-state index contributed by atoms with van der Waals surface area (Å²) in [7, 11) is 1.90. The molecule has 0 saturated carbocycles. The number of nitrogens with zero attached hydrogens (tertiary/aromatic N) is 3. The van der Waals surface area contributed by atoms with Crippen molar-refractivity contribution in [3.05, 3.63) is 65.5 Å². The van der Waals surface area contributed by atoms with Crippen molar-refractivity contribution >= 4 is 17.7 Å². The highest BCUT2D eigenvalue weighted by molar-refractivity contribution is 7.99. The summed E-state index contributed by atoms with van der Waals surface area (Å²) in [5.41, 5.74) is 3.14. The lowest BCUT2D eigenvalue weighted by atomic mass is 10.1. The Bertz CT molecular complexity index is 924. The van der Waals surface area contributed by atoms with Gasteiger partial charge in [-0.1, -0.05) is 47.7 Å². The molecule has 0 unspecified atom stereocenters. The van der Waals surface area contributed by atoms with E-state index in [2.05, 4.69) is 21.6 Å². The van der Waals surface area contributed by atoms with E-state index in [9.17, 15) is 9.18 Å². The number of amides is 1. The quantitative estimate of drug-likeness (QED) is 0.635. The Morgan fingerprint density at radius 2 is 1.96 bits per heavy atom. The summed E-state index contributed by atoms with van der Waals surface area (Å²) in [6.45, 7) is 2.55. The molecule has 1 N–H and O–H groups in total. The van der Waals surface area contributed by atoms with Crippen molar-refractivity contribution < 1.29 is 9.18 Å². The van der Waals surface area contributed by atoms with E-state index in [4.69, 9.17) is 0 Å². The second-order valence-electron chi connectivity index (χ2n) is 6.25. The van der Waals surface area contributed by atoms with Gasteiger partial charge in [-0.2, -0.15) is 0 Å². The van der Waals surface area contributed by atoms with Crippen molar-refractivity contribution in [3.8, 4) is 11.4 Å². The molecule has 0 aliphatic heterocycles. The van der Waals surface area contributed by atoms with Gasteiger partial charge < -0.3 is 9.88 Å². The van der Waals surface area contributed by atoms with Gasteiger partial charge in [0.1, 0.15) is 5.82 Å². The number of thioether (sulfide) groups is 1. The fraction of sp³-hybridized carbons (Fsp3) is 0.250. The maximum absolute atomic E-state index is 12.9. The molecular formula is C20H21FN4OS. The zero-order valence-corrected chi connectivity index (χ0v) is 16.1. The smallest absolute Gasteiger partial charge is 0.230 e. The molecule has 0 radical (unpaired) electrons. The van der Waals surface area contributed by atoms with Crippen molar-refractivity contribution in [2.75, 3.05) is 12.3 Å². The second kappa shape index (κ2) is 8.81. The molecule has 27 heavy (non-hydrogen) atoms. The Labute approximate surface area is 162 Å². The van der Waals surface area contributed by atoms with E-state index in [0.29, 0.717) is 18.1 Å². The maximum atomic E-state index is 12.9. The molecule has 3 rings (SSSR count). The van der Waals surface area contributed by atoms with Crippen LogP contribution in [0.5, 0.6) is 0 Å². The summed E-state index contributed by atoms with van der Waals surface area (Å²) in [6.07, 6.45) is 0.665. The predicted molar refractivity (Wildman–Crippen MR) is 105 cm³/mol. The van der Waals surface area contributed by atoms with Crippen LogP contribution in [0.1, 0.15) is 11.1 Å². The summed E-state index contributed by atoms with van der Waals surface area (Å²) in [6, 6.07) is 14.4. The van der Waals surface area contributed by atoms with Crippen LogP contribution in [0.25, 0.3) is 11.4 Å². The molecule has 2 aromatic carbocycles. The third-order valence-corrected chi connectivity index (χ3v) is 5.11. The summed E-state index contributed by atoms with van der Waals surface area (Å²) < 4.78 is 14.8. The van der Waals surface area contributed by atoms with Crippen LogP contribution >= 0.6 is 11.8 Å². The topological polar surface area (TPSA) is 59.8 Å². The Hall–Kier alpha value is -2.67. The van der Waals surface area contributed by atoms with Gasteiger partial charge in [0.25, 0.3) is 0 Å². The van der Waals surface area contributed by atoms with E-state index in [0.717, 1.165) is 22.5 Å². The number of hydrogen-bond acceptors (Lipinski definition) is 4. The average molecular weight is 384 g/mol. The molecule has 5 nitrogen and oxygen atoms in total. The summed E-state index contributed by atoms with van der Waals surface area (Å²) in [5, 5.41) is 12.0. The van der Waals surface area contributed by atoms with Gasteiger partial charge >= 0.3 is 0 Å². The van der Waals surface area contributed by atoms with Crippen molar-refractivity contribution in [1.82, 2.24) is 20.1 Å². The number of carbonyl (C=O) groups excluding carboxylic acids is 1. The lowest BCUT2D eigenvalue weighted by Crippen LogP contribution is -2.27. The Morgan fingerprint density at radius 1 is 1.19 bits per heavy atom. The van der Waals surface area contributed by atoms with Crippen LogP contribution < -0.4 is 5.32 Å². The van der Waals surface area contributed by atoms with E-state index in [1.807, 2.05) is 36.7 Å². The largest absolute Gasteiger partial charge is 0.355 e. The van der Waals surface area contributed by atoms with Crippen LogP contribution in [-0.4, -0.2) is 33.0 Å². The van der Waals surface area contributed by atoms with E-state index in [1.165, 1.54) is 23.9 Å². The monoisotopic (exact) mass is 384 g/mol. The standard InChI is InChI=1S/C20H21FN4OS/c1-14-4-3-5-16(12-14)19-23-24-20(25(19)2)27-13-18(26)22-11-10-15-6-8-17(21)9-7-15/h3-9,12H,10-11,13H2,1-2H3,(H,22,26). The predicted octanol–water partition coefficient (Wildman–Crippen LogP) is 3.38. The van der Waals surface area contributed by atoms with E-state index in [1.54, 1.807) is 12.1 Å². The number of benzene rings is 2. The summed E-state index contributed by atoms with van der Waals surface area (Å²) >= 11 is 1.35. The summed E-state index contributed by atoms with van der Waals surface area (Å²) in [5.74, 6) is 0.719. The number of halogens is 1. The van der Waals surface area contributed by atoms with Crippen LogP contribution in [-0.2, 0) is 18.3 Å². The number of rotatable bonds is 7. The minimum Gasteiger partial charge on any atom is -0.355 e. The highest BCUT2D eigenvalue weighted by Crippen LogP contribution is 2.23. The van der Waals surface area contributed by atoms with Gasteiger partial charge in [-0.15, -0.1) is 10.2 Å². The normalized spacial score (nSPS) is 10.8. The molecule has 1 amide bonds. The third kappa shape index (κ3) is 5.17. The molecule has 3 aromatic rings. The number of aromatic nitrogens is 3. The number of hydrogen-bond donors (Lipinski definition) is 1. The Kier molecular flexibility index (Phi) is 6.24. The van der Waals surface area contributed by atoms with Gasteiger partial charge in [-0.3, -0.25) is 4.79 Å². The lowest BCUT2D eigenvalue weighted by molar-refractivity contribution is -0.118. The zero-order valence-electron chi connectivity index (χ0n) is 15.3. The molecule has 0 saturated heterocycles. The molecular weight excluding hydrogens is 363 g/mol. The minimum absolute atomic E-state index is 0.0674. The van der Waals surface area contributed by atoms with Gasteiger partial charge in [-0.25, -0.2) is 4.39 Å². The van der Waals surface area contributed by atoms with Gasteiger partial charge in [0.05, 0.1) is 5.75 Å². The second-order valence-corrected chi connectivity index (χ2v) is 7.19. The van der Waals surface area contributed by atoms with Crippen LogP contribution in [0, 0.1) is 12.7 Å². The molecule has 1 heterocycles. The highest BCUT2D eigenvalue weighted by Gasteiger charge is 2.13. The molecule has 0 bridgehead atoms. The van der Waals surface area contributed by atoms with E-state index in [-0.39, 0.29) is 17.5 Å². The Morgan fingerprint density at radius 3 is 2.70 bits per heavy atom. The number of carbonyl (C=O) groups is 1. The molecule has 0 spiro atoms. The van der Waals surface area contributed by atoms with Crippen molar-refractivity contribution in [1.29, 1.82) is 0 Å². The zero-order chi connectivity index (χ0) is 19.2. The SMILES string of the molecule is Cc1cccc(-c2nnc(SCC(=O)NCCc3ccc(F)cc3)n2C)c1. The molecule has 7 heteroatoms. The first-order valence-corrected chi connectivity index (χ1v) is 9.62. The molecule has 1 aromatic heterocycles. The van der Waals surface area contributed by atoms with Crippen molar-refractivity contribution in [2.24, 2.45) is 7.05 Å². The number of aryl methyl sites for hydroxylation is 1. The van der Waals surface area contributed by atoms with Crippen molar-refractivity contribution in [3.63, 3.8) is 0 Å². The average Bonchev–Trinajstić information content (AvgIpc) is 3.02. The van der Waals surface area contributed by atoms with E-state index < -0.39 is 0 Å². The third-order valence-electron chi connectivity index (χ3n) is 4.09. The molecule has 0 atom stereocenters. The van der Waals surface area contributed by atoms with Gasteiger partial charge in [0.2, 0.25) is 5.91 Å². The minimum atomic E-state index is -0.257. The fourth-order valence-electron chi connectivity index (χ4n) is 2.65. The first-order valence-electron chi connectivity index (χ1n) is 8.63. The maximum Gasteiger partial charge on any atom is 0.230 e. The van der Waals surface area contributed by atoms with Crippen molar-refractivity contribution in [2.45, 2.75) is 18.5 Å². The number of nitrogens with one attached hydrogen (secondary N) is 1. The van der Waals surface area contributed by atoms with E-state index >= 15 is 0 Å². The molecule has 140 valence electrons. The van der Waals surface area contributed by atoms with Crippen LogP contribution in [0.2, 0.25) is 0 Å². The molecule has 0 fully saturated rings. The van der Waals surface area contributed by atoms with Crippen LogP contribution in [0.3, 0.4) is 0 Å².